The number of aliphatic hydroxyl groups is 1. The molecule has 4 rings (SSSR count). The van der Waals surface area contributed by atoms with Gasteiger partial charge in [0.15, 0.2) is 0 Å². The molecule has 9 heteroatoms. The second kappa shape index (κ2) is 7.30. The zero-order valence-corrected chi connectivity index (χ0v) is 17.0. The van der Waals surface area contributed by atoms with Gasteiger partial charge in [-0.05, 0) is 52.9 Å². The number of benzene rings is 1. The summed E-state index contributed by atoms with van der Waals surface area (Å²) >= 11 is 3.33. The Bertz CT molecular complexity index is 1020. The van der Waals surface area contributed by atoms with Gasteiger partial charge in [-0.25, -0.2) is 9.37 Å². The highest BCUT2D eigenvalue weighted by molar-refractivity contribution is 14.1. The van der Waals surface area contributed by atoms with E-state index in [-0.39, 0.29) is 24.7 Å². The first-order valence-electron chi connectivity index (χ1n) is 8.26. The Labute approximate surface area is 172 Å². The molecule has 6 nitrogen and oxygen atoms in total. The molecule has 2 aromatic heterocycles. The summed E-state index contributed by atoms with van der Waals surface area (Å²) in [6.45, 7) is 0.448. The first-order valence-corrected chi connectivity index (χ1v) is 10.2. The minimum absolute atomic E-state index is 0.176. The zero-order valence-electron chi connectivity index (χ0n) is 14.0. The Morgan fingerprint density at radius 1 is 1.41 bits per heavy atom. The number of carbonyl (C=O) groups excluding carboxylic acids is 1. The zero-order chi connectivity index (χ0) is 19.1. The molecule has 1 amide bonds. The Kier molecular flexibility index (Phi) is 5.01. The Balaban J connectivity index is 1.76. The smallest absolute Gasteiger partial charge is 0.257 e. The quantitative estimate of drug-likeness (QED) is 0.484. The molecule has 4 N–H and O–H groups in total. The molecule has 0 radical (unpaired) electrons. The van der Waals surface area contributed by atoms with Crippen molar-refractivity contribution in [1.82, 2.24) is 9.88 Å². The Morgan fingerprint density at radius 3 is 2.93 bits per heavy atom. The Morgan fingerprint density at radius 2 is 2.22 bits per heavy atom. The van der Waals surface area contributed by atoms with Crippen LogP contribution in [0.5, 0.6) is 0 Å². The second-order valence-corrected chi connectivity index (χ2v) is 8.60. The number of aliphatic hydroxyl groups excluding tert-OH is 1. The second-order valence-electron chi connectivity index (χ2n) is 6.35. The molecule has 1 aliphatic rings. The molecule has 3 aromatic rings. The van der Waals surface area contributed by atoms with Crippen LogP contribution in [0.2, 0.25) is 0 Å². The first-order chi connectivity index (χ1) is 12.9. The summed E-state index contributed by atoms with van der Waals surface area (Å²) in [7, 11) is 0. The SMILES string of the molecule is N[C@H]1CN(C(=O)c2c(Nc3ccc(I)cc3F)sc3ncccc23)C[C@H]1O. The fourth-order valence-corrected chi connectivity index (χ4v) is 4.58. The van der Waals surface area contributed by atoms with Gasteiger partial charge in [0.05, 0.1) is 17.4 Å². The third-order valence-electron chi connectivity index (χ3n) is 4.48. The van der Waals surface area contributed by atoms with Gasteiger partial charge in [-0.3, -0.25) is 4.79 Å². The molecule has 1 aliphatic heterocycles. The van der Waals surface area contributed by atoms with E-state index >= 15 is 0 Å². The molecule has 1 fully saturated rings. The van der Waals surface area contributed by atoms with Gasteiger partial charge in [0.2, 0.25) is 0 Å². The van der Waals surface area contributed by atoms with E-state index in [0.29, 0.717) is 20.8 Å². The number of anilines is 2. The van der Waals surface area contributed by atoms with Crippen LogP contribution in [0.15, 0.2) is 36.5 Å². The first kappa shape index (κ1) is 18.5. The number of thiophene rings is 1. The highest BCUT2D eigenvalue weighted by Crippen LogP contribution is 2.38. The number of β-amino-alcohol motifs (C(OH)–C–C–N with tert-alkyl or cyclic N) is 1. The summed E-state index contributed by atoms with van der Waals surface area (Å²) in [6, 6.07) is 7.95. The predicted molar refractivity (Wildman–Crippen MR) is 112 cm³/mol. The normalized spacial score (nSPS) is 19.6. The predicted octanol–water partition coefficient (Wildman–Crippen LogP) is 2.93. The fourth-order valence-electron chi connectivity index (χ4n) is 3.08. The van der Waals surface area contributed by atoms with Crippen molar-refractivity contribution < 1.29 is 14.3 Å². The lowest BCUT2D eigenvalue weighted by Gasteiger charge is -2.17. The van der Waals surface area contributed by atoms with Crippen LogP contribution in [-0.4, -0.2) is 46.1 Å². The molecule has 27 heavy (non-hydrogen) atoms. The van der Waals surface area contributed by atoms with Crippen LogP contribution < -0.4 is 11.1 Å². The average Bonchev–Trinajstić information content (AvgIpc) is 3.17. The number of nitrogens with two attached hydrogens (primary N) is 1. The molecule has 140 valence electrons. The van der Waals surface area contributed by atoms with Crippen molar-refractivity contribution in [3.05, 3.63) is 51.5 Å². The third kappa shape index (κ3) is 3.51. The number of rotatable bonds is 3. The summed E-state index contributed by atoms with van der Waals surface area (Å²) in [6.07, 6.45) is 0.903. The molecule has 0 spiro atoms. The van der Waals surface area contributed by atoms with Crippen LogP contribution in [0.25, 0.3) is 10.2 Å². The van der Waals surface area contributed by atoms with Crippen molar-refractivity contribution in [3.63, 3.8) is 0 Å². The van der Waals surface area contributed by atoms with E-state index in [1.807, 2.05) is 28.7 Å². The highest BCUT2D eigenvalue weighted by atomic mass is 127. The summed E-state index contributed by atoms with van der Waals surface area (Å²) in [5, 5.41) is 14.2. The molecule has 1 aromatic carbocycles. The maximum Gasteiger partial charge on any atom is 0.257 e. The monoisotopic (exact) mass is 498 g/mol. The number of amides is 1. The molecular weight excluding hydrogens is 482 g/mol. The van der Waals surface area contributed by atoms with Crippen molar-refractivity contribution in [1.29, 1.82) is 0 Å². The molecule has 3 heterocycles. The molecule has 0 unspecified atom stereocenters. The molecule has 0 aliphatic carbocycles. The number of pyridine rings is 1. The molecule has 1 saturated heterocycles. The van der Waals surface area contributed by atoms with Crippen molar-refractivity contribution in [3.8, 4) is 0 Å². The van der Waals surface area contributed by atoms with E-state index in [9.17, 15) is 14.3 Å². The van der Waals surface area contributed by atoms with Gasteiger partial charge in [-0.15, -0.1) is 0 Å². The van der Waals surface area contributed by atoms with Crippen LogP contribution in [0.3, 0.4) is 0 Å². The largest absolute Gasteiger partial charge is 0.390 e. The van der Waals surface area contributed by atoms with E-state index in [1.165, 1.54) is 22.3 Å². The van der Waals surface area contributed by atoms with Crippen LogP contribution in [0.1, 0.15) is 10.4 Å². The topological polar surface area (TPSA) is 91.5 Å². The van der Waals surface area contributed by atoms with E-state index in [2.05, 4.69) is 10.3 Å². The van der Waals surface area contributed by atoms with Gasteiger partial charge in [0.1, 0.15) is 15.6 Å². The van der Waals surface area contributed by atoms with Crippen LogP contribution >= 0.6 is 33.9 Å². The molecular formula is C18H16FIN4O2S. The van der Waals surface area contributed by atoms with Gasteiger partial charge in [0.25, 0.3) is 5.91 Å². The Hall–Kier alpha value is -1.82. The number of likely N-dealkylation sites (tertiary alicyclic amines) is 1. The lowest BCUT2D eigenvalue weighted by Crippen LogP contribution is -2.33. The van der Waals surface area contributed by atoms with Crippen LogP contribution in [0.4, 0.5) is 15.1 Å². The lowest BCUT2D eigenvalue weighted by atomic mass is 10.1. The number of carbonyl (C=O) groups is 1. The number of aromatic nitrogens is 1. The summed E-state index contributed by atoms with van der Waals surface area (Å²) in [5.41, 5.74) is 6.55. The van der Waals surface area contributed by atoms with E-state index in [0.717, 1.165) is 3.57 Å². The van der Waals surface area contributed by atoms with Gasteiger partial charge < -0.3 is 21.1 Å². The minimum Gasteiger partial charge on any atom is -0.390 e. The maximum atomic E-state index is 14.3. The van der Waals surface area contributed by atoms with Gasteiger partial charge in [0, 0.05) is 34.3 Å². The minimum atomic E-state index is -0.748. The number of nitrogens with zero attached hydrogens (tertiary/aromatic N) is 2. The molecule has 0 bridgehead atoms. The molecule has 0 saturated carbocycles. The van der Waals surface area contributed by atoms with Crippen LogP contribution in [-0.2, 0) is 0 Å². The highest BCUT2D eigenvalue weighted by Gasteiger charge is 2.34. The number of hydrogen-bond acceptors (Lipinski definition) is 6. The number of halogens is 2. The summed E-state index contributed by atoms with van der Waals surface area (Å²) in [5.74, 6) is -0.654. The third-order valence-corrected chi connectivity index (χ3v) is 6.18. The van der Waals surface area contributed by atoms with Crippen molar-refractivity contribution in [2.45, 2.75) is 12.1 Å². The summed E-state index contributed by atoms with van der Waals surface area (Å²) in [4.78, 5) is 19.7. The van der Waals surface area contributed by atoms with Crippen molar-refractivity contribution in [2.75, 3.05) is 18.4 Å². The standard InChI is InChI=1S/C18H16FIN4O2S/c19-11-6-9(20)3-4-13(11)23-17-15(10-2-1-5-22-16(10)27-17)18(26)24-7-12(21)14(25)8-24/h1-6,12,14,23,25H,7-8,21H2/t12-,14+/m0/s1. The number of fused-ring (bicyclic) bond motifs is 1. The van der Waals surface area contributed by atoms with E-state index in [1.54, 1.807) is 24.4 Å². The lowest BCUT2D eigenvalue weighted by molar-refractivity contribution is 0.0768. The van der Waals surface area contributed by atoms with E-state index in [4.69, 9.17) is 5.73 Å². The van der Waals surface area contributed by atoms with Crippen molar-refractivity contribution >= 4 is 60.7 Å². The van der Waals surface area contributed by atoms with Crippen molar-refractivity contribution in [2.24, 2.45) is 5.73 Å². The average molecular weight is 498 g/mol. The fraction of sp³-hybridized carbons (Fsp3) is 0.222. The van der Waals surface area contributed by atoms with Gasteiger partial charge >= 0.3 is 0 Å². The van der Waals surface area contributed by atoms with Gasteiger partial charge in [-0.1, -0.05) is 11.3 Å². The number of nitrogens with one attached hydrogen (secondary N) is 1. The molecule has 2 atom stereocenters. The van der Waals surface area contributed by atoms with Gasteiger partial charge in [-0.2, -0.15) is 0 Å². The summed E-state index contributed by atoms with van der Waals surface area (Å²) < 4.78 is 15.1. The van der Waals surface area contributed by atoms with Crippen LogP contribution in [0, 0.1) is 9.39 Å². The van der Waals surface area contributed by atoms with E-state index < -0.39 is 18.0 Å². The maximum absolute atomic E-state index is 14.3. The number of hydrogen-bond donors (Lipinski definition) is 3.